The topological polar surface area (TPSA) is 151 Å². The Hall–Kier alpha value is -3.43. The van der Waals surface area contributed by atoms with Gasteiger partial charge in [-0.05, 0) is 66.3 Å². The highest BCUT2D eigenvalue weighted by molar-refractivity contribution is 6.37. The minimum absolute atomic E-state index is 0.0831. The lowest BCUT2D eigenvalue weighted by Crippen LogP contribution is -2.64. The average molecular weight is 594 g/mol. The van der Waals surface area contributed by atoms with E-state index >= 15 is 0 Å². The van der Waals surface area contributed by atoms with E-state index < -0.39 is 47.2 Å². The molecule has 5 N–H and O–H groups in total. The van der Waals surface area contributed by atoms with Crippen molar-refractivity contribution in [2.75, 3.05) is 6.54 Å². The van der Waals surface area contributed by atoms with Crippen LogP contribution in [-0.2, 0) is 25.6 Å². The summed E-state index contributed by atoms with van der Waals surface area (Å²) in [6.07, 6.45) is 5.72. The molecule has 1 aromatic carbocycles. The predicted molar refractivity (Wildman–Crippen MR) is 161 cm³/mol. The summed E-state index contributed by atoms with van der Waals surface area (Å²) in [5.41, 5.74) is 5.31. The molecule has 4 aliphatic rings. The van der Waals surface area contributed by atoms with Gasteiger partial charge in [-0.15, -0.1) is 0 Å². The summed E-state index contributed by atoms with van der Waals surface area (Å²) < 4.78 is 0. The van der Waals surface area contributed by atoms with Gasteiger partial charge in [0.1, 0.15) is 12.1 Å². The molecule has 5 amide bonds. The number of nitrogens with zero attached hydrogens (tertiary/aromatic N) is 1. The first kappa shape index (κ1) is 31.0. The Labute approximate surface area is 254 Å². The number of amides is 5. The van der Waals surface area contributed by atoms with Gasteiger partial charge < -0.3 is 26.6 Å². The van der Waals surface area contributed by atoms with Crippen molar-refractivity contribution in [2.45, 2.75) is 103 Å². The van der Waals surface area contributed by atoms with Crippen molar-refractivity contribution in [3.63, 3.8) is 0 Å². The Morgan fingerprint density at radius 1 is 1.02 bits per heavy atom. The van der Waals surface area contributed by atoms with Crippen LogP contribution in [0, 0.1) is 28.6 Å². The Morgan fingerprint density at radius 3 is 2.21 bits per heavy atom. The number of carbonyl (C=O) groups excluding carboxylic acids is 5. The molecule has 4 fully saturated rings. The Balaban J connectivity index is 1.31. The Bertz CT molecular complexity index is 1280. The zero-order valence-electron chi connectivity index (χ0n) is 26.1. The maximum absolute atomic E-state index is 14.2. The van der Waals surface area contributed by atoms with Crippen LogP contribution in [0.4, 0.5) is 4.79 Å². The maximum Gasteiger partial charge on any atom is 0.315 e. The van der Waals surface area contributed by atoms with Gasteiger partial charge in [0.15, 0.2) is 0 Å². The molecule has 0 bridgehead atoms. The van der Waals surface area contributed by atoms with Crippen molar-refractivity contribution < 1.29 is 24.0 Å². The Morgan fingerprint density at radius 2 is 1.67 bits per heavy atom. The zero-order valence-corrected chi connectivity index (χ0v) is 26.1. The van der Waals surface area contributed by atoms with E-state index in [1.54, 1.807) is 4.90 Å². The van der Waals surface area contributed by atoms with E-state index in [2.05, 4.69) is 41.9 Å². The van der Waals surface area contributed by atoms with Crippen molar-refractivity contribution in [1.29, 1.82) is 0 Å². The van der Waals surface area contributed by atoms with Crippen LogP contribution >= 0.6 is 0 Å². The van der Waals surface area contributed by atoms with Crippen molar-refractivity contribution in [3.05, 3.63) is 35.9 Å². The number of benzene rings is 1. The summed E-state index contributed by atoms with van der Waals surface area (Å²) in [5, 5.41) is 8.95. The third-order valence-electron chi connectivity index (χ3n) is 10.4. The molecular formula is C33H47N5O5. The average Bonchev–Trinajstić information content (AvgIpc) is 3.76. The number of hydrogen-bond donors (Lipinski definition) is 4. The second-order valence-electron chi connectivity index (χ2n) is 15.1. The summed E-state index contributed by atoms with van der Waals surface area (Å²) in [4.78, 5) is 67.4. The van der Waals surface area contributed by atoms with Gasteiger partial charge in [0.25, 0.3) is 5.91 Å². The zero-order chi connectivity index (χ0) is 31.3. The molecule has 1 aliphatic heterocycles. The van der Waals surface area contributed by atoms with Gasteiger partial charge in [0.05, 0.1) is 6.04 Å². The van der Waals surface area contributed by atoms with Crippen LogP contribution in [0.5, 0.6) is 0 Å². The van der Waals surface area contributed by atoms with Gasteiger partial charge in [-0.3, -0.25) is 19.2 Å². The van der Waals surface area contributed by atoms with Crippen molar-refractivity contribution in [2.24, 2.45) is 34.3 Å². The highest BCUT2D eigenvalue weighted by Gasteiger charge is 2.70. The molecule has 0 radical (unpaired) electrons. The number of rotatable bonds is 11. The van der Waals surface area contributed by atoms with Crippen LogP contribution in [0.3, 0.4) is 0 Å². The normalized spacial score (nSPS) is 26.3. The number of primary amides is 1. The molecule has 10 nitrogen and oxygen atoms in total. The first-order valence-corrected chi connectivity index (χ1v) is 15.7. The molecule has 0 spiro atoms. The monoisotopic (exact) mass is 593 g/mol. The second kappa shape index (κ2) is 11.2. The molecule has 1 aromatic rings. The molecule has 3 aliphatic carbocycles. The molecule has 10 heteroatoms. The lowest BCUT2D eigenvalue weighted by molar-refractivity contribution is -0.145. The second-order valence-corrected chi connectivity index (χ2v) is 15.1. The highest BCUT2D eigenvalue weighted by Crippen LogP contribution is 2.65. The number of carbonyl (C=O) groups is 5. The largest absolute Gasteiger partial charge is 0.363 e. The molecule has 1 unspecified atom stereocenters. The molecule has 1 saturated heterocycles. The minimum atomic E-state index is -1.07. The number of fused-ring (bicyclic) bond motifs is 1. The first-order chi connectivity index (χ1) is 20.1. The third-order valence-corrected chi connectivity index (χ3v) is 10.4. The summed E-state index contributed by atoms with van der Waals surface area (Å²) >= 11 is 0. The first-order valence-electron chi connectivity index (χ1n) is 15.7. The predicted octanol–water partition coefficient (Wildman–Crippen LogP) is 2.69. The molecule has 234 valence electrons. The van der Waals surface area contributed by atoms with Gasteiger partial charge in [-0.2, -0.15) is 0 Å². The van der Waals surface area contributed by atoms with E-state index in [-0.39, 0.29) is 34.6 Å². The summed E-state index contributed by atoms with van der Waals surface area (Å²) in [6.45, 7) is 10.2. The van der Waals surface area contributed by atoms with Gasteiger partial charge in [0, 0.05) is 12.1 Å². The lowest BCUT2D eigenvalue weighted by Gasteiger charge is -2.44. The molecule has 0 aromatic heterocycles. The van der Waals surface area contributed by atoms with Crippen LogP contribution in [0.15, 0.2) is 30.3 Å². The Kier molecular flexibility index (Phi) is 8.11. The highest BCUT2D eigenvalue weighted by atomic mass is 16.2. The molecule has 43 heavy (non-hydrogen) atoms. The fraction of sp³-hybridized carbons (Fsp3) is 0.667. The van der Waals surface area contributed by atoms with E-state index in [1.807, 2.05) is 39.0 Å². The lowest BCUT2D eigenvalue weighted by atomic mass is 9.73. The summed E-state index contributed by atoms with van der Waals surface area (Å²) in [7, 11) is 0. The number of likely N-dealkylation sites (tertiary alicyclic amines) is 1. The van der Waals surface area contributed by atoms with E-state index in [9.17, 15) is 24.0 Å². The van der Waals surface area contributed by atoms with Crippen LogP contribution in [0.1, 0.15) is 78.7 Å². The minimum Gasteiger partial charge on any atom is -0.363 e. The van der Waals surface area contributed by atoms with Gasteiger partial charge in [0.2, 0.25) is 17.6 Å². The third kappa shape index (κ3) is 6.43. The number of piperidine rings is 1. The smallest absolute Gasteiger partial charge is 0.315 e. The van der Waals surface area contributed by atoms with Crippen molar-refractivity contribution in [1.82, 2.24) is 20.9 Å². The maximum atomic E-state index is 14.2. The molecule has 5 rings (SSSR count). The standard InChI is InChI=1S/C33H47N5O5/c1-31(2,3)26(36-30(43)37-33(14-9-15-33)17-20-10-7-6-8-11-20)29(42)38-18-21-23(32(21,4)5)24(38)28(41)35-22(16-19-12-13-19)25(39)27(34)40/h6-8,10-11,19,21-24,26H,9,12-18H2,1-5H3,(H2,34,40)(H,35,41)(H2,36,37,43)/t21-,22?,23-,24-,26+/m0/s1. The van der Waals surface area contributed by atoms with Crippen LogP contribution in [0.2, 0.25) is 0 Å². The van der Waals surface area contributed by atoms with Crippen LogP contribution in [-0.4, -0.2) is 64.6 Å². The number of Topliss-reactive ketones (excluding diaryl/α,β-unsaturated/α-hetero) is 1. The quantitative estimate of drug-likeness (QED) is 0.291. The molecule has 3 saturated carbocycles. The van der Waals surface area contributed by atoms with E-state index in [0.29, 0.717) is 19.4 Å². The summed E-state index contributed by atoms with van der Waals surface area (Å²) in [6, 6.07) is 6.97. The fourth-order valence-corrected chi connectivity index (χ4v) is 7.32. The summed E-state index contributed by atoms with van der Waals surface area (Å²) in [5.74, 6) is -2.34. The van der Waals surface area contributed by atoms with Crippen molar-refractivity contribution >= 4 is 29.5 Å². The van der Waals surface area contributed by atoms with E-state index in [4.69, 9.17) is 5.73 Å². The number of nitrogens with one attached hydrogen (secondary N) is 3. The molecular weight excluding hydrogens is 546 g/mol. The van der Waals surface area contributed by atoms with Gasteiger partial charge >= 0.3 is 6.03 Å². The number of ketones is 1. The van der Waals surface area contributed by atoms with Crippen molar-refractivity contribution in [3.8, 4) is 0 Å². The van der Waals surface area contributed by atoms with E-state index in [1.165, 1.54) is 0 Å². The van der Waals surface area contributed by atoms with Crippen LogP contribution in [0.25, 0.3) is 0 Å². The fourth-order valence-electron chi connectivity index (χ4n) is 7.32. The van der Waals surface area contributed by atoms with E-state index in [0.717, 1.165) is 37.7 Å². The van der Waals surface area contributed by atoms with Crippen LogP contribution < -0.4 is 21.7 Å². The molecule has 5 atom stereocenters. The van der Waals surface area contributed by atoms with Gasteiger partial charge in [-0.25, -0.2) is 4.79 Å². The number of nitrogens with two attached hydrogens (primary N) is 1. The SMILES string of the molecule is CC(C)(C)[C@H](NC(=O)NC1(Cc2ccccc2)CCC1)C(=O)N1C[C@H]2[C@@H]([C@H]1C(=O)NC(CC1CC1)C(=O)C(N)=O)C2(C)C. The molecule has 1 heterocycles. The number of urea groups is 1. The van der Waals surface area contributed by atoms with Gasteiger partial charge in [-0.1, -0.05) is 77.8 Å². The number of hydrogen-bond acceptors (Lipinski definition) is 5.